The molecule has 0 aliphatic heterocycles. The van der Waals surface area contributed by atoms with E-state index in [1.807, 2.05) is 6.92 Å². The molecule has 0 fully saturated rings. The minimum absolute atomic E-state index is 0. The summed E-state index contributed by atoms with van der Waals surface area (Å²) in [5, 5.41) is 0. The SMILES string of the molecule is CCSO[PH](=O)O.[MgH2]. The van der Waals surface area contributed by atoms with Crippen LogP contribution in [0.1, 0.15) is 6.92 Å². The highest BCUT2D eigenvalue weighted by Crippen LogP contribution is 2.22. The van der Waals surface area contributed by atoms with Crippen LogP contribution >= 0.6 is 20.3 Å². The van der Waals surface area contributed by atoms with Crippen molar-refractivity contribution >= 4 is 43.4 Å². The summed E-state index contributed by atoms with van der Waals surface area (Å²) in [4.78, 5) is 7.99. The normalized spacial score (nSPS) is 12.2. The fourth-order valence-electron chi connectivity index (χ4n) is 0.109. The van der Waals surface area contributed by atoms with Crippen molar-refractivity contribution in [2.45, 2.75) is 6.92 Å². The van der Waals surface area contributed by atoms with Crippen molar-refractivity contribution in [3.8, 4) is 0 Å². The molecule has 0 aromatic heterocycles. The van der Waals surface area contributed by atoms with Crippen LogP contribution in [0.3, 0.4) is 0 Å². The summed E-state index contributed by atoms with van der Waals surface area (Å²) in [5.41, 5.74) is 0. The molecule has 0 aromatic rings. The first-order valence-corrected chi connectivity index (χ1v) is 3.97. The summed E-state index contributed by atoms with van der Waals surface area (Å²) in [5.74, 6) is 0.705. The minimum Gasteiger partial charge on any atom is -0.326 e. The van der Waals surface area contributed by atoms with Crippen molar-refractivity contribution in [2.24, 2.45) is 0 Å². The molecular weight excluding hydrogens is 159 g/mol. The van der Waals surface area contributed by atoms with E-state index >= 15 is 0 Å². The van der Waals surface area contributed by atoms with Crippen molar-refractivity contribution in [3.63, 3.8) is 0 Å². The molecule has 0 saturated carbocycles. The summed E-state index contributed by atoms with van der Waals surface area (Å²) in [6.45, 7) is 1.84. The lowest BCUT2D eigenvalue weighted by molar-refractivity contribution is 0.433. The Balaban J connectivity index is 0. The standard InChI is InChI=1S/C2H7O3PS.Mg.2H/c1-2-7-5-6(3)4;;;/h6H,2H2,1H3,(H,3,4);;;. The van der Waals surface area contributed by atoms with Gasteiger partial charge in [-0.2, -0.15) is 0 Å². The van der Waals surface area contributed by atoms with Crippen molar-refractivity contribution in [3.05, 3.63) is 0 Å². The van der Waals surface area contributed by atoms with E-state index in [1.54, 1.807) is 0 Å². The van der Waals surface area contributed by atoms with Gasteiger partial charge in [0.05, 0.1) is 0 Å². The van der Waals surface area contributed by atoms with E-state index in [2.05, 4.69) is 3.97 Å². The summed E-state index contributed by atoms with van der Waals surface area (Å²) < 4.78 is 13.9. The van der Waals surface area contributed by atoms with Gasteiger partial charge in [0.2, 0.25) is 0 Å². The van der Waals surface area contributed by atoms with Gasteiger partial charge in [-0.3, -0.25) is 4.57 Å². The van der Waals surface area contributed by atoms with Gasteiger partial charge in [0.25, 0.3) is 0 Å². The van der Waals surface area contributed by atoms with Crippen molar-refractivity contribution in [1.29, 1.82) is 0 Å². The average Bonchev–Trinajstić information content (AvgIpc) is 1.61. The zero-order chi connectivity index (χ0) is 5.70. The highest BCUT2D eigenvalue weighted by Gasteiger charge is 1.86. The molecule has 0 bridgehead atoms. The molecule has 0 aliphatic rings. The zero-order valence-corrected chi connectivity index (χ0v) is 5.70. The minimum atomic E-state index is -2.68. The molecule has 1 N–H and O–H groups in total. The van der Waals surface area contributed by atoms with Crippen LogP contribution < -0.4 is 0 Å². The third kappa shape index (κ3) is 10.3. The van der Waals surface area contributed by atoms with Crippen LogP contribution in [0.15, 0.2) is 0 Å². The molecule has 1 unspecified atom stereocenters. The molecule has 0 amide bonds. The van der Waals surface area contributed by atoms with Crippen LogP contribution in [0.5, 0.6) is 0 Å². The summed E-state index contributed by atoms with van der Waals surface area (Å²) in [6, 6.07) is 0. The number of rotatable bonds is 3. The molecule has 8 heavy (non-hydrogen) atoms. The van der Waals surface area contributed by atoms with Gasteiger partial charge in [0, 0.05) is 17.8 Å². The first-order chi connectivity index (χ1) is 3.27. The Kier molecular flexibility index (Phi) is 12.4. The van der Waals surface area contributed by atoms with E-state index in [0.29, 0.717) is 5.75 Å². The second kappa shape index (κ2) is 8.27. The first-order valence-electron chi connectivity index (χ1n) is 1.79. The van der Waals surface area contributed by atoms with E-state index in [0.717, 1.165) is 12.0 Å². The Labute approximate surface area is 69.5 Å². The monoisotopic (exact) mass is 168 g/mol. The molecular formula is C2H9MgO3PS. The summed E-state index contributed by atoms with van der Waals surface area (Å²) in [7, 11) is -2.68. The van der Waals surface area contributed by atoms with Gasteiger partial charge >= 0.3 is 31.3 Å². The van der Waals surface area contributed by atoms with Crippen LogP contribution in [-0.4, -0.2) is 33.7 Å². The van der Waals surface area contributed by atoms with E-state index in [9.17, 15) is 4.57 Å². The maximum atomic E-state index is 9.70. The van der Waals surface area contributed by atoms with Crippen molar-refractivity contribution < 1.29 is 13.4 Å². The Morgan fingerprint density at radius 1 is 1.88 bits per heavy atom. The molecule has 0 rings (SSSR count). The van der Waals surface area contributed by atoms with Crippen LogP contribution in [0.4, 0.5) is 0 Å². The third-order valence-electron chi connectivity index (χ3n) is 0.248. The lowest BCUT2D eigenvalue weighted by atomic mass is 11.0. The Hall–Kier alpha value is 1.27. The molecule has 0 radical (unpaired) electrons. The maximum absolute atomic E-state index is 9.70. The van der Waals surface area contributed by atoms with Gasteiger partial charge in [-0.15, -0.1) is 0 Å². The average molecular weight is 168 g/mol. The topological polar surface area (TPSA) is 46.5 Å². The lowest BCUT2D eigenvalue weighted by Gasteiger charge is -1.89. The van der Waals surface area contributed by atoms with Gasteiger partial charge in [0.1, 0.15) is 0 Å². The highest BCUT2D eigenvalue weighted by atomic mass is 32.2. The van der Waals surface area contributed by atoms with Crippen LogP contribution in [0.25, 0.3) is 0 Å². The second-order valence-corrected chi connectivity index (χ2v) is 2.77. The van der Waals surface area contributed by atoms with Gasteiger partial charge in [0.15, 0.2) is 0 Å². The third-order valence-corrected chi connectivity index (χ3v) is 1.53. The molecule has 0 spiro atoms. The maximum Gasteiger partial charge on any atom is 0.327 e. The van der Waals surface area contributed by atoms with Gasteiger partial charge in [-0.05, 0) is 0 Å². The van der Waals surface area contributed by atoms with E-state index < -0.39 is 8.25 Å². The molecule has 0 aromatic carbocycles. The largest absolute Gasteiger partial charge is 0.327 e. The van der Waals surface area contributed by atoms with Crippen LogP contribution in [-0.2, 0) is 8.54 Å². The Morgan fingerprint density at radius 2 is 2.38 bits per heavy atom. The van der Waals surface area contributed by atoms with Crippen LogP contribution in [0, 0.1) is 0 Å². The fourth-order valence-corrected chi connectivity index (χ4v) is 0.984. The Bertz CT molecular complexity index is 70.3. The molecule has 48 valence electrons. The summed E-state index contributed by atoms with van der Waals surface area (Å²) in [6.07, 6.45) is 0. The fraction of sp³-hybridized carbons (Fsp3) is 1.00. The Morgan fingerprint density at radius 3 is 2.50 bits per heavy atom. The van der Waals surface area contributed by atoms with E-state index in [1.165, 1.54) is 0 Å². The zero-order valence-electron chi connectivity index (χ0n) is 3.88. The number of hydrogen-bond acceptors (Lipinski definition) is 3. The van der Waals surface area contributed by atoms with E-state index in [4.69, 9.17) is 4.89 Å². The summed E-state index contributed by atoms with van der Waals surface area (Å²) >= 11 is 0.999. The quantitative estimate of drug-likeness (QED) is 0.370. The van der Waals surface area contributed by atoms with Crippen molar-refractivity contribution in [2.75, 3.05) is 5.75 Å². The highest BCUT2D eigenvalue weighted by molar-refractivity contribution is 7.97. The number of hydrogen-bond donors (Lipinski definition) is 1. The predicted molar refractivity (Wildman–Crippen MR) is 39.0 cm³/mol. The molecule has 0 saturated heterocycles. The van der Waals surface area contributed by atoms with Gasteiger partial charge in [-0.1, -0.05) is 6.92 Å². The molecule has 0 heterocycles. The molecule has 0 aliphatic carbocycles. The van der Waals surface area contributed by atoms with Gasteiger partial charge in [-0.25, -0.2) is 3.97 Å². The van der Waals surface area contributed by atoms with Crippen molar-refractivity contribution in [1.82, 2.24) is 0 Å². The lowest BCUT2D eigenvalue weighted by Crippen LogP contribution is -1.64. The molecule has 1 atom stereocenters. The van der Waals surface area contributed by atoms with Crippen LogP contribution in [0.2, 0.25) is 0 Å². The first kappa shape index (κ1) is 12.0. The molecule has 6 heteroatoms. The molecule has 3 nitrogen and oxygen atoms in total. The van der Waals surface area contributed by atoms with Gasteiger partial charge < -0.3 is 4.89 Å². The predicted octanol–water partition coefficient (Wildman–Crippen LogP) is 0.137. The van der Waals surface area contributed by atoms with E-state index in [-0.39, 0.29) is 23.1 Å². The second-order valence-electron chi connectivity index (χ2n) is 0.756. The smallest absolute Gasteiger partial charge is 0.326 e.